The standard InChI is InChI=1S/C26H41N3O6/c1-15(2)11-20(29-25(32)35-26(4,5)6)24(31)27-16(3)23(30)28-19-10-9-17-13-21(33-7)22(34-8)14-18(17)12-19/h13-16,19-20H,9-12H2,1-8H3,(H,27,31)(H,28,30)(H,29,32)/t16-,19?,20-/m0/s1. The minimum Gasteiger partial charge on any atom is -0.493 e. The van der Waals surface area contributed by atoms with Crippen LogP contribution < -0.4 is 25.4 Å². The van der Waals surface area contributed by atoms with Crippen molar-refractivity contribution in [2.24, 2.45) is 5.92 Å². The minimum atomic E-state index is -0.802. The van der Waals surface area contributed by atoms with Crippen LogP contribution in [0.25, 0.3) is 0 Å². The van der Waals surface area contributed by atoms with E-state index in [9.17, 15) is 14.4 Å². The van der Waals surface area contributed by atoms with Gasteiger partial charge >= 0.3 is 6.09 Å². The number of rotatable bonds is 9. The Morgan fingerprint density at radius 2 is 1.57 bits per heavy atom. The van der Waals surface area contributed by atoms with Crippen molar-refractivity contribution in [1.82, 2.24) is 16.0 Å². The van der Waals surface area contributed by atoms with Gasteiger partial charge in [0.25, 0.3) is 0 Å². The maximum atomic E-state index is 12.9. The highest BCUT2D eigenvalue weighted by Gasteiger charge is 2.29. The van der Waals surface area contributed by atoms with E-state index in [4.69, 9.17) is 14.2 Å². The highest BCUT2D eigenvalue weighted by atomic mass is 16.6. The molecule has 196 valence electrons. The summed E-state index contributed by atoms with van der Waals surface area (Å²) in [6.45, 7) is 10.8. The van der Waals surface area contributed by atoms with Crippen LogP contribution >= 0.6 is 0 Å². The fraction of sp³-hybridized carbons (Fsp3) is 0.654. The van der Waals surface area contributed by atoms with E-state index in [0.29, 0.717) is 24.3 Å². The van der Waals surface area contributed by atoms with Crippen molar-refractivity contribution in [2.45, 2.75) is 91.0 Å². The maximum Gasteiger partial charge on any atom is 0.408 e. The zero-order chi connectivity index (χ0) is 26.3. The van der Waals surface area contributed by atoms with Gasteiger partial charge in [-0.15, -0.1) is 0 Å². The molecule has 0 saturated carbocycles. The van der Waals surface area contributed by atoms with E-state index in [2.05, 4.69) is 16.0 Å². The number of amides is 3. The zero-order valence-electron chi connectivity index (χ0n) is 22.2. The summed E-state index contributed by atoms with van der Waals surface area (Å²) in [5.74, 6) is 0.821. The van der Waals surface area contributed by atoms with E-state index < -0.39 is 29.7 Å². The Morgan fingerprint density at radius 1 is 0.971 bits per heavy atom. The van der Waals surface area contributed by atoms with Gasteiger partial charge < -0.3 is 30.2 Å². The molecule has 9 nitrogen and oxygen atoms in total. The lowest BCUT2D eigenvalue weighted by Crippen LogP contribution is -2.55. The van der Waals surface area contributed by atoms with Crippen LogP contribution in [-0.2, 0) is 27.2 Å². The van der Waals surface area contributed by atoms with Crippen LogP contribution in [0.4, 0.5) is 4.79 Å². The molecule has 0 aliphatic heterocycles. The summed E-state index contributed by atoms with van der Waals surface area (Å²) < 4.78 is 16.1. The normalized spacial score (nSPS) is 17.0. The molecule has 0 radical (unpaired) electrons. The van der Waals surface area contributed by atoms with E-state index in [1.165, 1.54) is 5.56 Å². The molecule has 0 spiro atoms. The third-order valence-corrected chi connectivity index (χ3v) is 5.75. The molecule has 0 bridgehead atoms. The van der Waals surface area contributed by atoms with Gasteiger partial charge in [-0.2, -0.15) is 0 Å². The van der Waals surface area contributed by atoms with Gasteiger partial charge in [-0.05, 0) is 82.6 Å². The van der Waals surface area contributed by atoms with Gasteiger partial charge in [0.15, 0.2) is 11.5 Å². The Kier molecular flexibility index (Phi) is 9.80. The molecule has 0 fully saturated rings. The predicted molar refractivity (Wildman–Crippen MR) is 134 cm³/mol. The van der Waals surface area contributed by atoms with E-state index in [0.717, 1.165) is 18.4 Å². The van der Waals surface area contributed by atoms with E-state index in [1.54, 1.807) is 41.9 Å². The molecule has 1 aromatic carbocycles. The quantitative estimate of drug-likeness (QED) is 0.489. The molecule has 3 N–H and O–H groups in total. The molecule has 1 unspecified atom stereocenters. The number of hydrogen-bond acceptors (Lipinski definition) is 6. The molecule has 0 heterocycles. The third-order valence-electron chi connectivity index (χ3n) is 5.75. The first-order chi connectivity index (χ1) is 16.3. The first-order valence-corrected chi connectivity index (χ1v) is 12.2. The fourth-order valence-electron chi connectivity index (χ4n) is 4.06. The fourth-order valence-corrected chi connectivity index (χ4v) is 4.06. The Bertz CT molecular complexity index is 909. The maximum absolute atomic E-state index is 12.9. The summed E-state index contributed by atoms with van der Waals surface area (Å²) in [7, 11) is 3.21. The number of methoxy groups -OCH3 is 2. The number of aryl methyl sites for hydroxylation is 1. The summed E-state index contributed by atoms with van der Waals surface area (Å²) in [6, 6.07) is 2.32. The van der Waals surface area contributed by atoms with E-state index >= 15 is 0 Å². The number of fused-ring (bicyclic) bond motifs is 1. The number of carbonyl (C=O) groups is 3. The molecule has 0 aromatic heterocycles. The van der Waals surface area contributed by atoms with Crippen LogP contribution in [0.2, 0.25) is 0 Å². The van der Waals surface area contributed by atoms with Gasteiger partial charge in [-0.1, -0.05) is 13.8 Å². The molecule has 3 atom stereocenters. The second-order valence-corrected chi connectivity index (χ2v) is 10.5. The first kappa shape index (κ1) is 28.3. The van der Waals surface area contributed by atoms with Crippen LogP contribution in [0.3, 0.4) is 0 Å². The summed E-state index contributed by atoms with van der Waals surface area (Å²) in [5, 5.41) is 8.42. The smallest absolute Gasteiger partial charge is 0.408 e. The van der Waals surface area contributed by atoms with Crippen molar-refractivity contribution in [2.75, 3.05) is 14.2 Å². The number of nitrogens with one attached hydrogen (secondary N) is 3. The number of benzene rings is 1. The number of alkyl carbamates (subject to hydrolysis) is 1. The van der Waals surface area contributed by atoms with Crippen molar-refractivity contribution < 1.29 is 28.6 Å². The van der Waals surface area contributed by atoms with Crippen molar-refractivity contribution in [3.05, 3.63) is 23.3 Å². The van der Waals surface area contributed by atoms with Crippen LogP contribution in [0, 0.1) is 5.92 Å². The summed E-state index contributed by atoms with van der Waals surface area (Å²) in [6.07, 6.45) is 2.01. The molecule has 1 aromatic rings. The SMILES string of the molecule is COc1cc2c(cc1OC)CC(NC(=O)[C@H](C)NC(=O)[C@H](CC(C)C)NC(=O)OC(C)(C)C)CC2. The molecular weight excluding hydrogens is 450 g/mol. The summed E-state index contributed by atoms with van der Waals surface area (Å²) in [4.78, 5) is 38.0. The number of carbonyl (C=O) groups excluding carboxylic acids is 3. The van der Waals surface area contributed by atoms with Crippen LogP contribution in [0.5, 0.6) is 11.5 Å². The van der Waals surface area contributed by atoms with Gasteiger partial charge in [0, 0.05) is 6.04 Å². The second kappa shape index (κ2) is 12.1. The van der Waals surface area contributed by atoms with Gasteiger partial charge in [-0.3, -0.25) is 9.59 Å². The van der Waals surface area contributed by atoms with Crippen molar-refractivity contribution in [1.29, 1.82) is 0 Å². The molecule has 2 rings (SSSR count). The lowest BCUT2D eigenvalue weighted by atomic mass is 9.87. The van der Waals surface area contributed by atoms with Crippen LogP contribution in [0.1, 0.15) is 65.5 Å². The lowest BCUT2D eigenvalue weighted by Gasteiger charge is -2.28. The Balaban J connectivity index is 1.97. The topological polar surface area (TPSA) is 115 Å². The zero-order valence-corrected chi connectivity index (χ0v) is 22.2. The highest BCUT2D eigenvalue weighted by Crippen LogP contribution is 2.34. The lowest BCUT2D eigenvalue weighted by molar-refractivity contribution is -0.130. The molecule has 1 aliphatic carbocycles. The summed E-state index contributed by atoms with van der Waals surface area (Å²) in [5.41, 5.74) is 1.61. The van der Waals surface area contributed by atoms with Crippen molar-refractivity contribution in [3.63, 3.8) is 0 Å². The molecule has 9 heteroatoms. The molecule has 3 amide bonds. The molecule has 0 saturated heterocycles. The minimum absolute atomic E-state index is 0.0567. The van der Waals surface area contributed by atoms with Gasteiger partial charge in [-0.25, -0.2) is 4.79 Å². The van der Waals surface area contributed by atoms with Gasteiger partial charge in [0.2, 0.25) is 11.8 Å². The Labute approximate surface area is 208 Å². The third kappa shape index (κ3) is 8.64. The second-order valence-electron chi connectivity index (χ2n) is 10.5. The monoisotopic (exact) mass is 491 g/mol. The average Bonchev–Trinajstić information content (AvgIpc) is 2.75. The summed E-state index contributed by atoms with van der Waals surface area (Å²) >= 11 is 0. The van der Waals surface area contributed by atoms with Crippen molar-refractivity contribution in [3.8, 4) is 11.5 Å². The number of ether oxygens (including phenoxy) is 3. The van der Waals surface area contributed by atoms with Gasteiger partial charge in [0.1, 0.15) is 17.7 Å². The van der Waals surface area contributed by atoms with Gasteiger partial charge in [0.05, 0.1) is 14.2 Å². The predicted octanol–water partition coefficient (Wildman–Crippen LogP) is 3.12. The Hall–Kier alpha value is -2.97. The number of hydrogen-bond donors (Lipinski definition) is 3. The highest BCUT2D eigenvalue weighted by molar-refractivity contribution is 5.91. The molecule has 35 heavy (non-hydrogen) atoms. The van der Waals surface area contributed by atoms with E-state index in [-0.39, 0.29) is 17.9 Å². The average molecular weight is 492 g/mol. The van der Waals surface area contributed by atoms with Crippen LogP contribution in [0.15, 0.2) is 12.1 Å². The van der Waals surface area contributed by atoms with Crippen LogP contribution in [-0.4, -0.2) is 55.9 Å². The first-order valence-electron chi connectivity index (χ1n) is 12.2. The molecular formula is C26H41N3O6. The van der Waals surface area contributed by atoms with E-state index in [1.807, 2.05) is 26.0 Å². The Morgan fingerprint density at radius 3 is 2.11 bits per heavy atom. The molecule has 1 aliphatic rings. The van der Waals surface area contributed by atoms with Crippen molar-refractivity contribution >= 4 is 17.9 Å². The largest absolute Gasteiger partial charge is 0.493 e.